The van der Waals surface area contributed by atoms with Crippen molar-refractivity contribution in [3.63, 3.8) is 0 Å². The van der Waals surface area contributed by atoms with Crippen LogP contribution in [0.25, 0.3) is 11.5 Å². The Bertz CT molecular complexity index is 610. The molecule has 0 saturated carbocycles. The molecule has 0 spiro atoms. The van der Waals surface area contributed by atoms with Crippen molar-refractivity contribution in [3.05, 3.63) is 35.4 Å². The van der Waals surface area contributed by atoms with E-state index in [0.717, 1.165) is 12.1 Å². The monoisotopic (exact) mass is 271 g/mol. The molecule has 1 unspecified atom stereocenters. The van der Waals surface area contributed by atoms with Crippen LogP contribution in [-0.2, 0) is 5.54 Å². The number of hydrogen-bond acceptors (Lipinski definition) is 4. The first-order chi connectivity index (χ1) is 8.86. The van der Waals surface area contributed by atoms with E-state index in [-0.39, 0.29) is 17.3 Å². The van der Waals surface area contributed by atoms with Gasteiger partial charge in [0.05, 0.1) is 11.1 Å². The lowest BCUT2D eigenvalue weighted by molar-refractivity contribution is 0.377. The van der Waals surface area contributed by atoms with Gasteiger partial charge in [0.15, 0.2) is 23.3 Å². The van der Waals surface area contributed by atoms with E-state index < -0.39 is 23.0 Å². The highest BCUT2D eigenvalue weighted by atomic mass is 19.2. The van der Waals surface area contributed by atoms with Crippen molar-refractivity contribution in [3.8, 4) is 11.5 Å². The van der Waals surface area contributed by atoms with Crippen molar-refractivity contribution in [2.45, 2.75) is 25.8 Å². The van der Waals surface area contributed by atoms with Crippen molar-refractivity contribution in [1.82, 2.24) is 10.1 Å². The number of halogens is 3. The van der Waals surface area contributed by atoms with Gasteiger partial charge in [0.25, 0.3) is 5.89 Å². The molecule has 0 aliphatic rings. The van der Waals surface area contributed by atoms with Crippen molar-refractivity contribution < 1.29 is 17.7 Å². The summed E-state index contributed by atoms with van der Waals surface area (Å²) >= 11 is 0. The van der Waals surface area contributed by atoms with Crippen LogP contribution in [0.15, 0.2) is 16.7 Å². The molecule has 0 radical (unpaired) electrons. The van der Waals surface area contributed by atoms with E-state index in [1.807, 2.05) is 6.92 Å². The first-order valence-electron chi connectivity index (χ1n) is 5.63. The fourth-order valence-corrected chi connectivity index (χ4v) is 1.41. The zero-order valence-corrected chi connectivity index (χ0v) is 10.4. The second-order valence-corrected chi connectivity index (χ2v) is 4.42. The SMILES string of the molecule is CCC(C)(N)c1noc(-c2ccc(F)c(F)c2F)n1. The molecule has 2 rings (SSSR count). The Morgan fingerprint density at radius 3 is 2.58 bits per heavy atom. The van der Waals surface area contributed by atoms with Gasteiger partial charge in [0.2, 0.25) is 0 Å². The maximum absolute atomic E-state index is 13.6. The number of rotatable bonds is 3. The molecule has 19 heavy (non-hydrogen) atoms. The van der Waals surface area contributed by atoms with E-state index in [9.17, 15) is 13.2 Å². The van der Waals surface area contributed by atoms with Gasteiger partial charge in [0.1, 0.15) is 0 Å². The van der Waals surface area contributed by atoms with Crippen molar-refractivity contribution >= 4 is 0 Å². The van der Waals surface area contributed by atoms with Crippen LogP contribution in [-0.4, -0.2) is 10.1 Å². The van der Waals surface area contributed by atoms with Gasteiger partial charge in [-0.1, -0.05) is 12.1 Å². The first-order valence-corrected chi connectivity index (χ1v) is 5.63. The number of hydrogen-bond donors (Lipinski definition) is 1. The van der Waals surface area contributed by atoms with Crippen LogP contribution in [0, 0.1) is 17.5 Å². The molecule has 4 nitrogen and oxygen atoms in total. The van der Waals surface area contributed by atoms with Gasteiger partial charge in [-0.15, -0.1) is 0 Å². The molecule has 0 aliphatic carbocycles. The molecule has 1 atom stereocenters. The normalized spacial score (nSPS) is 14.4. The van der Waals surface area contributed by atoms with E-state index in [1.165, 1.54) is 0 Å². The van der Waals surface area contributed by atoms with Crippen LogP contribution < -0.4 is 5.73 Å². The lowest BCUT2D eigenvalue weighted by Gasteiger charge is -2.16. The van der Waals surface area contributed by atoms with Crippen molar-refractivity contribution in [2.75, 3.05) is 0 Å². The third-order valence-corrected chi connectivity index (χ3v) is 2.94. The maximum atomic E-state index is 13.6. The maximum Gasteiger partial charge on any atom is 0.261 e. The predicted molar refractivity (Wildman–Crippen MR) is 61.4 cm³/mol. The Morgan fingerprint density at radius 1 is 1.26 bits per heavy atom. The lowest BCUT2D eigenvalue weighted by Crippen LogP contribution is -2.33. The smallest absolute Gasteiger partial charge is 0.261 e. The van der Waals surface area contributed by atoms with E-state index in [4.69, 9.17) is 10.3 Å². The predicted octanol–water partition coefficient (Wildman–Crippen LogP) is 2.74. The second kappa shape index (κ2) is 4.65. The highest BCUT2D eigenvalue weighted by Gasteiger charge is 2.27. The number of aromatic nitrogens is 2. The van der Waals surface area contributed by atoms with E-state index in [1.54, 1.807) is 6.92 Å². The number of nitrogens with two attached hydrogens (primary N) is 1. The molecule has 0 fully saturated rings. The largest absolute Gasteiger partial charge is 0.334 e. The van der Waals surface area contributed by atoms with Crippen LogP contribution in [0.4, 0.5) is 13.2 Å². The van der Waals surface area contributed by atoms with Gasteiger partial charge in [-0.25, -0.2) is 13.2 Å². The number of nitrogens with zero attached hydrogens (tertiary/aromatic N) is 2. The highest BCUT2D eigenvalue weighted by molar-refractivity contribution is 5.54. The number of benzene rings is 1. The summed E-state index contributed by atoms with van der Waals surface area (Å²) in [4.78, 5) is 3.92. The van der Waals surface area contributed by atoms with E-state index in [2.05, 4.69) is 10.1 Å². The molecular weight excluding hydrogens is 259 g/mol. The topological polar surface area (TPSA) is 64.9 Å². The average molecular weight is 271 g/mol. The molecule has 1 heterocycles. The molecule has 0 saturated heterocycles. The Morgan fingerprint density at radius 2 is 1.95 bits per heavy atom. The van der Waals surface area contributed by atoms with Gasteiger partial charge in [-0.2, -0.15) is 4.98 Å². The summed E-state index contributed by atoms with van der Waals surface area (Å²) in [6.45, 7) is 3.51. The standard InChI is InChI=1S/C12H12F3N3O/c1-3-12(2,16)11-17-10(19-18-11)6-4-5-7(13)9(15)8(6)14/h4-5H,3,16H2,1-2H3. The minimum Gasteiger partial charge on any atom is -0.334 e. The Balaban J connectivity index is 2.47. The molecule has 2 aromatic rings. The van der Waals surface area contributed by atoms with Crippen LogP contribution in [0.1, 0.15) is 26.1 Å². The molecule has 0 bridgehead atoms. The fourth-order valence-electron chi connectivity index (χ4n) is 1.41. The van der Waals surface area contributed by atoms with Gasteiger partial charge >= 0.3 is 0 Å². The highest BCUT2D eigenvalue weighted by Crippen LogP contribution is 2.27. The second-order valence-electron chi connectivity index (χ2n) is 4.42. The van der Waals surface area contributed by atoms with Gasteiger partial charge in [-0.3, -0.25) is 0 Å². The summed E-state index contributed by atoms with van der Waals surface area (Å²) in [5, 5.41) is 3.63. The third-order valence-electron chi connectivity index (χ3n) is 2.94. The Kier molecular flexibility index (Phi) is 3.32. The molecule has 1 aromatic carbocycles. The summed E-state index contributed by atoms with van der Waals surface area (Å²) in [5.74, 6) is -4.29. The minimum absolute atomic E-state index is 0.175. The third kappa shape index (κ3) is 2.33. The molecule has 102 valence electrons. The summed E-state index contributed by atoms with van der Waals surface area (Å²) < 4.78 is 44.3. The summed E-state index contributed by atoms with van der Waals surface area (Å²) in [5.41, 5.74) is 4.77. The van der Waals surface area contributed by atoms with Crippen molar-refractivity contribution in [1.29, 1.82) is 0 Å². The van der Waals surface area contributed by atoms with E-state index >= 15 is 0 Å². The Hall–Kier alpha value is -1.89. The quantitative estimate of drug-likeness (QED) is 0.872. The van der Waals surface area contributed by atoms with Gasteiger partial charge in [-0.05, 0) is 25.5 Å². The minimum atomic E-state index is -1.58. The van der Waals surface area contributed by atoms with Crippen LogP contribution in [0.5, 0.6) is 0 Å². The van der Waals surface area contributed by atoms with Gasteiger partial charge < -0.3 is 10.3 Å². The summed E-state index contributed by atoms with van der Waals surface area (Å²) in [7, 11) is 0. The van der Waals surface area contributed by atoms with Crippen LogP contribution >= 0.6 is 0 Å². The fraction of sp³-hybridized carbons (Fsp3) is 0.333. The molecule has 2 N–H and O–H groups in total. The average Bonchev–Trinajstić information content (AvgIpc) is 2.86. The first kappa shape index (κ1) is 13.5. The van der Waals surface area contributed by atoms with E-state index in [0.29, 0.717) is 6.42 Å². The molecular formula is C12H12F3N3O. The molecule has 1 aromatic heterocycles. The van der Waals surface area contributed by atoms with Crippen molar-refractivity contribution in [2.24, 2.45) is 5.73 Å². The lowest BCUT2D eigenvalue weighted by atomic mass is 10.00. The molecule has 7 heteroatoms. The zero-order valence-electron chi connectivity index (χ0n) is 10.4. The van der Waals surface area contributed by atoms with Gasteiger partial charge in [0, 0.05) is 0 Å². The molecule has 0 amide bonds. The van der Waals surface area contributed by atoms with Crippen LogP contribution in [0.3, 0.4) is 0 Å². The molecule has 0 aliphatic heterocycles. The zero-order chi connectivity index (χ0) is 14.2. The Labute approximate surface area is 107 Å². The summed E-state index contributed by atoms with van der Waals surface area (Å²) in [6, 6.07) is 1.82. The van der Waals surface area contributed by atoms with Crippen LogP contribution in [0.2, 0.25) is 0 Å². The summed E-state index contributed by atoms with van der Waals surface area (Å²) in [6.07, 6.45) is 0.534.